The van der Waals surface area contributed by atoms with Gasteiger partial charge in [0.05, 0.1) is 0 Å². The van der Waals surface area contributed by atoms with Gasteiger partial charge in [-0.2, -0.15) is 4.79 Å². The minimum absolute atomic E-state index is 0.0512. The fraction of sp³-hybridized carbons (Fsp3) is 0.789. The highest BCUT2D eigenvalue weighted by atomic mass is 16.5. The summed E-state index contributed by atoms with van der Waals surface area (Å²) in [6.45, 7) is 4.44. The van der Waals surface area contributed by atoms with E-state index in [-0.39, 0.29) is 19.4 Å². The largest absolute Gasteiger partial charge is 0.463 e. The number of nitrogens with one attached hydrogen (secondary N) is 1. The minimum atomic E-state index is -0.964. The molecule has 0 aromatic heterocycles. The summed E-state index contributed by atoms with van der Waals surface area (Å²) in [7, 11) is 1.39. The van der Waals surface area contributed by atoms with Crippen molar-refractivity contribution < 1.29 is 28.6 Å². The smallest absolute Gasteiger partial charge is 0.328 e. The third-order valence-corrected chi connectivity index (χ3v) is 4.81. The third-order valence-electron chi connectivity index (χ3n) is 4.81. The summed E-state index contributed by atoms with van der Waals surface area (Å²) < 4.78 is 10.3. The fourth-order valence-electron chi connectivity index (χ4n) is 2.97. The summed E-state index contributed by atoms with van der Waals surface area (Å²) in [6, 6.07) is -0.964. The number of methoxy groups -OCH3 is 1. The lowest BCUT2D eigenvalue weighted by Crippen LogP contribution is -2.46. The fourth-order valence-corrected chi connectivity index (χ4v) is 2.97. The van der Waals surface area contributed by atoms with Crippen molar-refractivity contribution in [3.05, 3.63) is 5.53 Å². The van der Waals surface area contributed by atoms with Gasteiger partial charge in [-0.3, -0.25) is 14.5 Å². The molecule has 2 atom stereocenters. The summed E-state index contributed by atoms with van der Waals surface area (Å²) in [4.78, 5) is 41.0. The molecule has 1 aliphatic heterocycles. The molecule has 1 amide bonds. The zero-order chi connectivity index (χ0) is 20.8. The Balaban J connectivity index is 2.54. The van der Waals surface area contributed by atoms with Gasteiger partial charge >= 0.3 is 12.2 Å². The van der Waals surface area contributed by atoms with Crippen molar-refractivity contribution >= 4 is 23.9 Å². The van der Waals surface area contributed by atoms with E-state index in [0.717, 1.165) is 32.1 Å². The van der Waals surface area contributed by atoms with Crippen LogP contribution in [-0.4, -0.2) is 79.1 Å². The number of hydrogen-bond donors (Lipinski definition) is 1. The van der Waals surface area contributed by atoms with Crippen molar-refractivity contribution in [3.63, 3.8) is 0 Å². The van der Waals surface area contributed by atoms with E-state index < -0.39 is 29.8 Å². The van der Waals surface area contributed by atoms with Gasteiger partial charge in [-0.15, -0.1) is 0 Å². The van der Waals surface area contributed by atoms with Gasteiger partial charge in [-0.25, -0.2) is 4.79 Å². The van der Waals surface area contributed by atoms with Crippen LogP contribution in [0.1, 0.15) is 51.9 Å². The molecule has 0 radical (unpaired) electrons. The number of carbonyl (C=O) groups is 3. The number of ether oxygens (including phenoxy) is 2. The number of esters is 1. The Morgan fingerprint density at radius 1 is 1.18 bits per heavy atom. The SMILES string of the molecule is CO[C@H](C)C(=O)N[C@@H](CCC(=O)C=[N+]=[N-])C(=O)OCCN1CCCCCCC1. The van der Waals surface area contributed by atoms with Gasteiger partial charge in [0.15, 0.2) is 0 Å². The van der Waals surface area contributed by atoms with Crippen LogP contribution >= 0.6 is 0 Å². The molecule has 1 saturated heterocycles. The van der Waals surface area contributed by atoms with Crippen LogP contribution in [0.5, 0.6) is 0 Å². The first kappa shape index (κ1) is 23.9. The topological polar surface area (TPSA) is 121 Å². The molecule has 0 bridgehead atoms. The monoisotopic (exact) mass is 396 g/mol. The molecule has 0 unspecified atom stereocenters. The molecule has 1 fully saturated rings. The van der Waals surface area contributed by atoms with Crippen molar-refractivity contribution in [2.75, 3.05) is 33.4 Å². The highest BCUT2D eigenvalue weighted by Crippen LogP contribution is 2.10. The van der Waals surface area contributed by atoms with Gasteiger partial charge in [-0.1, -0.05) is 19.3 Å². The maximum atomic E-state index is 12.4. The number of hydrogen-bond acceptors (Lipinski definition) is 6. The highest BCUT2D eigenvalue weighted by molar-refractivity contribution is 6.25. The average molecular weight is 396 g/mol. The molecule has 0 aromatic rings. The summed E-state index contributed by atoms with van der Waals surface area (Å²) in [5.74, 6) is -1.50. The van der Waals surface area contributed by atoms with Crippen LogP contribution in [0.3, 0.4) is 0 Å². The van der Waals surface area contributed by atoms with E-state index in [1.54, 1.807) is 6.92 Å². The van der Waals surface area contributed by atoms with Gasteiger partial charge < -0.3 is 20.3 Å². The maximum absolute atomic E-state index is 12.4. The standard InChI is InChI=1S/C19H32N4O5/c1-15(27-2)18(25)22-17(9-8-16(24)14-21-20)19(26)28-13-12-23-10-6-4-3-5-7-11-23/h14-15,17H,3-13H2,1-2H3,(H,22,25)/t15-,17+/m1/s1. The van der Waals surface area contributed by atoms with Crippen LogP contribution in [0.4, 0.5) is 0 Å². The molecule has 1 aliphatic rings. The molecule has 28 heavy (non-hydrogen) atoms. The number of rotatable bonds is 11. The quantitative estimate of drug-likeness (QED) is 0.240. The normalized spacial score (nSPS) is 17.4. The van der Waals surface area contributed by atoms with Gasteiger partial charge in [0.1, 0.15) is 18.8 Å². The highest BCUT2D eigenvalue weighted by Gasteiger charge is 2.26. The predicted molar refractivity (Wildman–Crippen MR) is 103 cm³/mol. The molecule has 0 aliphatic carbocycles. The second-order valence-electron chi connectivity index (χ2n) is 6.97. The zero-order valence-electron chi connectivity index (χ0n) is 16.9. The van der Waals surface area contributed by atoms with Crippen LogP contribution in [0, 0.1) is 0 Å². The van der Waals surface area contributed by atoms with Gasteiger partial charge in [-0.05, 0) is 39.3 Å². The summed E-state index contributed by atoms with van der Waals surface area (Å²) in [5, 5.41) is 2.56. The second kappa shape index (κ2) is 14.0. The first-order valence-corrected chi connectivity index (χ1v) is 9.90. The number of carbonyl (C=O) groups excluding carboxylic acids is 3. The lowest BCUT2D eigenvalue weighted by atomic mass is 10.1. The van der Waals surface area contributed by atoms with Crippen LogP contribution in [0.25, 0.3) is 5.53 Å². The molecule has 0 saturated carbocycles. The van der Waals surface area contributed by atoms with Gasteiger partial charge in [0.25, 0.3) is 0 Å². The first-order chi connectivity index (χ1) is 13.5. The minimum Gasteiger partial charge on any atom is -0.463 e. The van der Waals surface area contributed by atoms with E-state index in [2.05, 4.69) is 15.0 Å². The third kappa shape index (κ3) is 9.73. The molecule has 0 aromatic carbocycles. The number of nitrogens with zero attached hydrogens (tertiary/aromatic N) is 3. The van der Waals surface area contributed by atoms with Gasteiger partial charge in [0, 0.05) is 20.1 Å². The van der Waals surface area contributed by atoms with Crippen LogP contribution in [0.15, 0.2) is 0 Å². The van der Waals surface area contributed by atoms with Crippen LogP contribution in [0.2, 0.25) is 0 Å². The molecule has 158 valence electrons. The van der Waals surface area contributed by atoms with Crippen molar-refractivity contribution in [1.29, 1.82) is 0 Å². The summed E-state index contributed by atoms with van der Waals surface area (Å²) in [6.07, 6.45) is 6.07. The molecule has 1 N–H and O–H groups in total. The second-order valence-corrected chi connectivity index (χ2v) is 6.97. The molecular formula is C19H32N4O5. The van der Waals surface area contributed by atoms with Crippen LogP contribution in [-0.2, 0) is 23.9 Å². The lowest BCUT2D eigenvalue weighted by Gasteiger charge is -2.25. The number of Topliss-reactive ketones (excluding diaryl/α,β-unsaturated/α-hetero) is 1. The van der Waals surface area contributed by atoms with Crippen LogP contribution < -0.4 is 5.32 Å². The maximum Gasteiger partial charge on any atom is 0.328 e. The zero-order valence-corrected chi connectivity index (χ0v) is 16.9. The molecule has 1 rings (SSSR count). The lowest BCUT2D eigenvalue weighted by molar-refractivity contribution is -0.149. The Kier molecular flexibility index (Phi) is 12.0. The van der Waals surface area contributed by atoms with Crippen molar-refractivity contribution in [2.45, 2.75) is 64.0 Å². The van der Waals surface area contributed by atoms with Crippen molar-refractivity contribution in [2.24, 2.45) is 0 Å². The number of amides is 1. The van der Waals surface area contributed by atoms with E-state index in [1.807, 2.05) is 0 Å². The number of ketones is 1. The van der Waals surface area contributed by atoms with E-state index in [0.29, 0.717) is 6.54 Å². The Hall–Kier alpha value is -2.09. The van der Waals surface area contributed by atoms with E-state index >= 15 is 0 Å². The summed E-state index contributed by atoms with van der Waals surface area (Å²) in [5.41, 5.74) is 8.40. The number of likely N-dealkylation sites (tertiary alicyclic amines) is 1. The van der Waals surface area contributed by atoms with E-state index in [9.17, 15) is 14.4 Å². The van der Waals surface area contributed by atoms with E-state index in [1.165, 1.54) is 26.4 Å². The molecule has 9 heteroatoms. The summed E-state index contributed by atoms with van der Waals surface area (Å²) >= 11 is 0. The van der Waals surface area contributed by atoms with Crippen molar-refractivity contribution in [1.82, 2.24) is 10.2 Å². The Labute approximate surface area is 166 Å². The van der Waals surface area contributed by atoms with E-state index in [4.69, 9.17) is 15.0 Å². The average Bonchev–Trinajstić information content (AvgIpc) is 2.65. The van der Waals surface area contributed by atoms with Gasteiger partial charge in [0.2, 0.25) is 11.7 Å². The first-order valence-electron chi connectivity index (χ1n) is 9.90. The Morgan fingerprint density at radius 2 is 1.82 bits per heavy atom. The molecule has 1 heterocycles. The Bertz CT molecular complexity index is 555. The molecule has 0 spiro atoms. The Morgan fingerprint density at radius 3 is 2.43 bits per heavy atom. The van der Waals surface area contributed by atoms with Crippen molar-refractivity contribution in [3.8, 4) is 0 Å². The molecular weight excluding hydrogens is 364 g/mol. The predicted octanol–water partition coefficient (Wildman–Crippen LogP) is 0.965. The molecule has 9 nitrogen and oxygen atoms in total.